The maximum absolute atomic E-state index is 6.43. The summed E-state index contributed by atoms with van der Waals surface area (Å²) in [5.74, 6) is 0. The van der Waals surface area contributed by atoms with E-state index in [1.807, 2.05) is 23.5 Å². The molecule has 0 radical (unpaired) electrons. The molecule has 3 aromatic rings. The summed E-state index contributed by atoms with van der Waals surface area (Å²) in [5.41, 5.74) is 3.75. The average Bonchev–Trinajstić information content (AvgIpc) is 3.14. The minimum absolute atomic E-state index is 0.774. The highest BCUT2D eigenvalue weighted by Crippen LogP contribution is 2.31. The van der Waals surface area contributed by atoms with Crippen LogP contribution < -0.4 is 5.32 Å². The van der Waals surface area contributed by atoms with Gasteiger partial charge in [-0.15, -0.1) is 11.3 Å². The molecule has 0 atom stereocenters. The number of nitrogens with one attached hydrogen (secondary N) is 2. The molecule has 2 aromatic heterocycles. The van der Waals surface area contributed by atoms with E-state index in [2.05, 4.69) is 28.5 Å². The van der Waals surface area contributed by atoms with Crippen LogP contribution in [0.5, 0.6) is 0 Å². The Morgan fingerprint density at radius 2 is 2.10 bits per heavy atom. The Morgan fingerprint density at radius 1 is 1.19 bits per heavy atom. The number of aromatic amines is 1. The third-order valence-corrected chi connectivity index (χ3v) is 5.78. The fraction of sp³-hybridized carbons (Fsp3) is 0.294. The standard InChI is InChI=1S/C17H17ClN2S/c18-17-13-5-1-2-6-14(13)20-15(17)10-19-9-12-8-11-4-3-7-16(11)21-12/h1-2,5-6,8,19-20H,3-4,7,9-10H2. The maximum atomic E-state index is 6.43. The van der Waals surface area contributed by atoms with Gasteiger partial charge in [-0.05, 0) is 37.0 Å². The van der Waals surface area contributed by atoms with Gasteiger partial charge in [0.05, 0.1) is 5.02 Å². The van der Waals surface area contributed by atoms with Crippen LogP contribution in [0.1, 0.15) is 27.4 Å². The largest absolute Gasteiger partial charge is 0.356 e. The monoisotopic (exact) mass is 316 g/mol. The van der Waals surface area contributed by atoms with E-state index in [0.717, 1.165) is 34.7 Å². The second kappa shape index (κ2) is 5.48. The van der Waals surface area contributed by atoms with Gasteiger partial charge < -0.3 is 10.3 Å². The van der Waals surface area contributed by atoms with Crippen LogP contribution in [0.15, 0.2) is 30.3 Å². The zero-order chi connectivity index (χ0) is 14.2. The third kappa shape index (κ3) is 2.50. The number of aryl methyl sites for hydroxylation is 2. The van der Waals surface area contributed by atoms with Gasteiger partial charge in [0.2, 0.25) is 0 Å². The molecular weight excluding hydrogens is 300 g/mol. The molecule has 2 heterocycles. The van der Waals surface area contributed by atoms with E-state index in [-0.39, 0.29) is 0 Å². The van der Waals surface area contributed by atoms with Gasteiger partial charge in [0.25, 0.3) is 0 Å². The average molecular weight is 317 g/mol. The predicted octanol–water partition coefficient (Wildman–Crippen LogP) is 4.66. The number of benzene rings is 1. The highest BCUT2D eigenvalue weighted by molar-refractivity contribution is 7.12. The second-order valence-electron chi connectivity index (χ2n) is 5.58. The first-order valence-electron chi connectivity index (χ1n) is 7.37. The lowest BCUT2D eigenvalue weighted by Crippen LogP contribution is -2.12. The molecule has 4 heteroatoms. The van der Waals surface area contributed by atoms with Crippen LogP contribution in [0.25, 0.3) is 10.9 Å². The molecule has 21 heavy (non-hydrogen) atoms. The van der Waals surface area contributed by atoms with Crippen LogP contribution in [0, 0.1) is 0 Å². The summed E-state index contributed by atoms with van der Waals surface area (Å²) in [4.78, 5) is 6.43. The molecule has 0 spiro atoms. The first-order chi connectivity index (χ1) is 10.3. The number of aromatic nitrogens is 1. The molecule has 0 bridgehead atoms. The van der Waals surface area contributed by atoms with Crippen molar-refractivity contribution >= 4 is 33.8 Å². The number of para-hydroxylation sites is 1. The molecular formula is C17H17ClN2S. The lowest BCUT2D eigenvalue weighted by molar-refractivity contribution is 0.690. The van der Waals surface area contributed by atoms with Crippen LogP contribution >= 0.6 is 22.9 Å². The van der Waals surface area contributed by atoms with Gasteiger partial charge in [0.15, 0.2) is 0 Å². The topological polar surface area (TPSA) is 27.8 Å². The Bertz CT molecular complexity index is 766. The summed E-state index contributed by atoms with van der Waals surface area (Å²) < 4.78 is 0. The minimum atomic E-state index is 0.774. The Labute approximate surface area is 133 Å². The Hall–Kier alpha value is -1.29. The summed E-state index contributed by atoms with van der Waals surface area (Å²) in [5, 5.41) is 5.45. The number of halogens is 1. The third-order valence-electron chi connectivity index (χ3n) is 4.11. The Balaban J connectivity index is 1.44. The molecule has 0 amide bonds. The number of rotatable bonds is 4. The van der Waals surface area contributed by atoms with Crippen molar-refractivity contribution in [3.8, 4) is 0 Å². The van der Waals surface area contributed by atoms with Gasteiger partial charge in [0.1, 0.15) is 0 Å². The molecule has 0 saturated heterocycles. The number of fused-ring (bicyclic) bond motifs is 2. The molecule has 2 N–H and O–H groups in total. The first-order valence-corrected chi connectivity index (χ1v) is 8.57. The van der Waals surface area contributed by atoms with Crippen molar-refractivity contribution < 1.29 is 0 Å². The summed E-state index contributed by atoms with van der Waals surface area (Å²) in [6.45, 7) is 1.69. The molecule has 1 aromatic carbocycles. The summed E-state index contributed by atoms with van der Waals surface area (Å²) in [7, 11) is 0. The normalized spacial score (nSPS) is 14.0. The van der Waals surface area contributed by atoms with E-state index in [4.69, 9.17) is 11.6 Å². The maximum Gasteiger partial charge on any atom is 0.0705 e. The second-order valence-corrected chi connectivity index (χ2v) is 7.18. The first kappa shape index (κ1) is 13.4. The van der Waals surface area contributed by atoms with Crippen molar-refractivity contribution in [3.63, 3.8) is 0 Å². The molecule has 1 aliphatic rings. The lowest BCUT2D eigenvalue weighted by Gasteiger charge is -2.02. The van der Waals surface area contributed by atoms with E-state index in [0.29, 0.717) is 0 Å². The van der Waals surface area contributed by atoms with Crippen molar-refractivity contribution in [2.75, 3.05) is 0 Å². The van der Waals surface area contributed by atoms with Crippen LogP contribution in [0.3, 0.4) is 0 Å². The summed E-state index contributed by atoms with van der Waals surface area (Å²) in [6, 6.07) is 10.5. The minimum Gasteiger partial charge on any atom is -0.356 e. The molecule has 2 nitrogen and oxygen atoms in total. The molecule has 108 valence electrons. The highest BCUT2D eigenvalue weighted by atomic mass is 35.5. The van der Waals surface area contributed by atoms with Crippen molar-refractivity contribution in [2.45, 2.75) is 32.4 Å². The number of hydrogen-bond acceptors (Lipinski definition) is 2. The molecule has 0 unspecified atom stereocenters. The lowest BCUT2D eigenvalue weighted by atomic mass is 10.2. The number of H-pyrrole nitrogens is 1. The van der Waals surface area contributed by atoms with Crippen LogP contribution in [0.2, 0.25) is 5.02 Å². The van der Waals surface area contributed by atoms with E-state index in [1.165, 1.54) is 24.1 Å². The van der Waals surface area contributed by atoms with E-state index < -0.39 is 0 Å². The summed E-state index contributed by atoms with van der Waals surface area (Å²) in [6.07, 6.45) is 3.87. The smallest absolute Gasteiger partial charge is 0.0705 e. The van der Waals surface area contributed by atoms with Gasteiger partial charge in [-0.1, -0.05) is 29.8 Å². The Kier molecular flexibility index (Phi) is 3.49. The van der Waals surface area contributed by atoms with E-state index >= 15 is 0 Å². The van der Waals surface area contributed by atoms with Crippen molar-refractivity contribution in [1.29, 1.82) is 0 Å². The van der Waals surface area contributed by atoms with Crippen molar-refractivity contribution in [1.82, 2.24) is 10.3 Å². The molecule has 4 rings (SSSR count). The van der Waals surface area contributed by atoms with Crippen LogP contribution in [-0.4, -0.2) is 4.98 Å². The van der Waals surface area contributed by atoms with Crippen LogP contribution in [0.4, 0.5) is 0 Å². The van der Waals surface area contributed by atoms with Gasteiger partial charge in [0, 0.05) is 39.4 Å². The van der Waals surface area contributed by atoms with Crippen LogP contribution in [-0.2, 0) is 25.9 Å². The van der Waals surface area contributed by atoms with Crippen molar-refractivity contribution in [2.24, 2.45) is 0 Å². The number of hydrogen-bond donors (Lipinski definition) is 2. The van der Waals surface area contributed by atoms with Gasteiger partial charge in [-0.2, -0.15) is 0 Å². The zero-order valence-electron chi connectivity index (χ0n) is 11.7. The van der Waals surface area contributed by atoms with E-state index in [9.17, 15) is 0 Å². The quantitative estimate of drug-likeness (QED) is 0.719. The van der Waals surface area contributed by atoms with Gasteiger partial charge in [-0.25, -0.2) is 0 Å². The SMILES string of the molecule is Clc1c(CNCc2cc3c(s2)CCC3)[nH]c2ccccc12. The highest BCUT2D eigenvalue weighted by Gasteiger charge is 2.14. The predicted molar refractivity (Wildman–Crippen MR) is 90.2 cm³/mol. The molecule has 0 saturated carbocycles. The van der Waals surface area contributed by atoms with E-state index in [1.54, 1.807) is 10.4 Å². The molecule has 1 aliphatic carbocycles. The molecule has 0 fully saturated rings. The summed E-state index contributed by atoms with van der Waals surface area (Å²) >= 11 is 8.39. The number of thiophene rings is 1. The molecule has 0 aliphatic heterocycles. The van der Waals surface area contributed by atoms with Gasteiger partial charge >= 0.3 is 0 Å². The Morgan fingerprint density at radius 3 is 2.95 bits per heavy atom. The fourth-order valence-electron chi connectivity index (χ4n) is 3.07. The van der Waals surface area contributed by atoms with Crippen molar-refractivity contribution in [3.05, 3.63) is 56.4 Å². The van der Waals surface area contributed by atoms with Gasteiger partial charge in [-0.3, -0.25) is 0 Å². The zero-order valence-corrected chi connectivity index (χ0v) is 13.3. The fourth-order valence-corrected chi connectivity index (χ4v) is 4.58.